The van der Waals surface area contributed by atoms with E-state index in [4.69, 9.17) is 19.6 Å². The fourth-order valence-corrected chi connectivity index (χ4v) is 3.90. The summed E-state index contributed by atoms with van der Waals surface area (Å²) in [5, 5.41) is 30.6. The molecule has 0 unspecified atom stereocenters. The Hall–Kier alpha value is -2.72. The molecule has 0 radical (unpaired) electrons. The molecule has 0 saturated heterocycles. The number of halogens is 1. The van der Waals surface area contributed by atoms with Crippen molar-refractivity contribution in [3.63, 3.8) is 0 Å². The highest BCUT2D eigenvalue weighted by atomic mass is 79.9. The first-order valence-electron chi connectivity index (χ1n) is 11.0. The predicted octanol–water partition coefficient (Wildman–Crippen LogP) is 2.51. The van der Waals surface area contributed by atoms with E-state index in [0.717, 1.165) is 10.0 Å². The summed E-state index contributed by atoms with van der Waals surface area (Å²) in [6.07, 6.45) is 1.56. The Morgan fingerprint density at radius 3 is 2.44 bits per heavy atom. The van der Waals surface area contributed by atoms with Crippen LogP contribution in [0.4, 0.5) is 0 Å². The second-order valence-electron chi connectivity index (χ2n) is 7.87. The molecule has 1 aliphatic rings. The fourth-order valence-electron chi connectivity index (χ4n) is 3.63. The topological polar surface area (TPSA) is 121 Å². The molecule has 0 bridgehead atoms. The number of aliphatic imine (C=N–C) groups is 1. The van der Waals surface area contributed by atoms with Gasteiger partial charge in [0.15, 0.2) is 11.6 Å². The summed E-state index contributed by atoms with van der Waals surface area (Å²) in [5.74, 6) is 0.452. The number of aliphatic hydroxyl groups is 3. The molecular formula is C25H29BrN2O6. The van der Waals surface area contributed by atoms with Crippen molar-refractivity contribution < 1.29 is 29.6 Å². The molecule has 2 aromatic carbocycles. The van der Waals surface area contributed by atoms with E-state index in [0.29, 0.717) is 24.3 Å². The number of hydrogen-bond donors (Lipinski definition) is 4. The first-order chi connectivity index (χ1) is 16.5. The Kier molecular flexibility index (Phi) is 9.23. The van der Waals surface area contributed by atoms with Gasteiger partial charge in [0.2, 0.25) is 5.90 Å². The molecule has 0 fully saturated rings. The maximum absolute atomic E-state index is 13.5. The van der Waals surface area contributed by atoms with Gasteiger partial charge >= 0.3 is 0 Å². The first-order valence-corrected chi connectivity index (χ1v) is 11.8. The van der Waals surface area contributed by atoms with Gasteiger partial charge in [-0.1, -0.05) is 34.1 Å². The van der Waals surface area contributed by atoms with Gasteiger partial charge in [0.1, 0.15) is 5.75 Å². The molecule has 9 heteroatoms. The van der Waals surface area contributed by atoms with Crippen LogP contribution in [0.15, 0.2) is 70.7 Å². The summed E-state index contributed by atoms with van der Waals surface area (Å²) in [7, 11) is 0. The lowest BCUT2D eigenvalue weighted by molar-refractivity contribution is -0.130. The van der Waals surface area contributed by atoms with Crippen LogP contribution >= 0.6 is 15.9 Å². The van der Waals surface area contributed by atoms with Crippen LogP contribution < -0.4 is 10.1 Å². The molecule has 1 aliphatic heterocycles. The zero-order chi connectivity index (χ0) is 24.6. The van der Waals surface area contributed by atoms with Crippen molar-refractivity contribution >= 4 is 27.7 Å². The van der Waals surface area contributed by atoms with Crippen LogP contribution in [0, 0.1) is 0 Å². The molecule has 3 rings (SSSR count). The molecule has 0 aliphatic carbocycles. The molecule has 1 heterocycles. The Labute approximate surface area is 207 Å². The fraction of sp³-hybridized carbons (Fsp3) is 0.360. The highest BCUT2D eigenvalue weighted by Crippen LogP contribution is 2.43. The molecule has 8 nitrogen and oxygen atoms in total. The lowest BCUT2D eigenvalue weighted by atomic mass is 9.84. The van der Waals surface area contributed by atoms with E-state index >= 15 is 0 Å². The standard InChI is InChI=1S/C25H29BrN2O6/c1-2-12-25(24(32)27-20(15-30)16-31)22(17-4-8-19(26)9-5-17)34-23(28-25)18-6-10-21(11-7-18)33-14-3-13-29/h2,4-11,20,22,29-31H,1,3,12-16H2,(H,27,32)/t22-,25-/m1/s1. The predicted molar refractivity (Wildman–Crippen MR) is 132 cm³/mol. The number of nitrogens with one attached hydrogen (secondary N) is 1. The smallest absolute Gasteiger partial charge is 0.253 e. The van der Waals surface area contributed by atoms with Crippen LogP contribution in [0.1, 0.15) is 30.1 Å². The van der Waals surface area contributed by atoms with E-state index in [-0.39, 0.29) is 18.9 Å². The SMILES string of the molecule is C=CC[C@@]1(C(=O)NC(CO)CO)N=C(c2ccc(OCCCO)cc2)O[C@@H]1c1ccc(Br)cc1. The Balaban J connectivity index is 1.99. The number of aliphatic hydroxyl groups excluding tert-OH is 3. The van der Waals surface area contributed by atoms with Gasteiger partial charge in [-0.2, -0.15) is 0 Å². The monoisotopic (exact) mass is 532 g/mol. The molecule has 1 amide bonds. The van der Waals surface area contributed by atoms with E-state index in [9.17, 15) is 15.0 Å². The highest BCUT2D eigenvalue weighted by Gasteiger charge is 2.52. The minimum atomic E-state index is -1.39. The quantitative estimate of drug-likeness (QED) is 0.246. The molecule has 4 N–H and O–H groups in total. The molecule has 0 aromatic heterocycles. The zero-order valence-electron chi connectivity index (χ0n) is 18.7. The maximum Gasteiger partial charge on any atom is 0.253 e. The molecule has 2 aromatic rings. The van der Waals surface area contributed by atoms with E-state index < -0.39 is 36.8 Å². The van der Waals surface area contributed by atoms with Gasteiger partial charge in [0.25, 0.3) is 5.91 Å². The minimum Gasteiger partial charge on any atom is -0.494 e. The van der Waals surface area contributed by atoms with E-state index in [2.05, 4.69) is 27.8 Å². The van der Waals surface area contributed by atoms with Crippen molar-refractivity contribution in [2.24, 2.45) is 4.99 Å². The third kappa shape index (κ3) is 5.85. The minimum absolute atomic E-state index is 0.0566. The maximum atomic E-state index is 13.5. The first kappa shape index (κ1) is 25.9. The lowest BCUT2D eigenvalue weighted by Gasteiger charge is -2.31. The van der Waals surface area contributed by atoms with Gasteiger partial charge < -0.3 is 30.1 Å². The molecule has 2 atom stereocenters. The molecule has 34 heavy (non-hydrogen) atoms. The van der Waals surface area contributed by atoms with Crippen molar-refractivity contribution in [3.8, 4) is 5.75 Å². The number of nitrogens with zero attached hydrogens (tertiary/aromatic N) is 1. The van der Waals surface area contributed by atoms with E-state index in [1.165, 1.54) is 0 Å². The van der Waals surface area contributed by atoms with Crippen LogP contribution in [0.3, 0.4) is 0 Å². The van der Waals surface area contributed by atoms with Gasteiger partial charge in [-0.3, -0.25) is 4.79 Å². The largest absolute Gasteiger partial charge is 0.494 e. The van der Waals surface area contributed by atoms with Gasteiger partial charge in [-0.05, 0) is 42.0 Å². The van der Waals surface area contributed by atoms with Crippen LogP contribution in [0.5, 0.6) is 5.75 Å². The van der Waals surface area contributed by atoms with Gasteiger partial charge in [0.05, 0.1) is 25.9 Å². The second kappa shape index (κ2) is 12.1. The number of benzene rings is 2. The van der Waals surface area contributed by atoms with Crippen molar-refractivity contribution in [2.45, 2.75) is 30.5 Å². The summed E-state index contributed by atoms with van der Waals surface area (Å²) in [4.78, 5) is 18.2. The molecule has 182 valence electrons. The number of hydrogen-bond acceptors (Lipinski definition) is 7. The molecule has 0 saturated carbocycles. The van der Waals surface area contributed by atoms with Crippen LogP contribution in [0.25, 0.3) is 0 Å². The average Bonchev–Trinajstić information content (AvgIpc) is 3.24. The number of rotatable bonds is 12. The zero-order valence-corrected chi connectivity index (χ0v) is 20.3. The number of amides is 1. The third-order valence-electron chi connectivity index (χ3n) is 5.43. The summed E-state index contributed by atoms with van der Waals surface area (Å²) >= 11 is 3.43. The van der Waals surface area contributed by atoms with E-state index in [1.54, 1.807) is 30.3 Å². The van der Waals surface area contributed by atoms with Crippen molar-refractivity contribution in [2.75, 3.05) is 26.4 Å². The Morgan fingerprint density at radius 1 is 1.18 bits per heavy atom. The van der Waals surface area contributed by atoms with Crippen molar-refractivity contribution in [1.29, 1.82) is 0 Å². The van der Waals surface area contributed by atoms with Gasteiger partial charge in [0, 0.05) is 29.5 Å². The van der Waals surface area contributed by atoms with Crippen LogP contribution in [-0.2, 0) is 9.53 Å². The number of carbonyl (C=O) groups excluding carboxylic acids is 1. The molecular weight excluding hydrogens is 504 g/mol. The summed E-state index contributed by atoms with van der Waals surface area (Å²) in [5.41, 5.74) is 0.0211. The normalized spacial score (nSPS) is 19.4. The summed E-state index contributed by atoms with van der Waals surface area (Å²) in [6.45, 7) is 3.45. The van der Waals surface area contributed by atoms with Gasteiger partial charge in [-0.15, -0.1) is 6.58 Å². The Morgan fingerprint density at radius 2 is 1.85 bits per heavy atom. The van der Waals surface area contributed by atoms with Gasteiger partial charge in [-0.25, -0.2) is 4.99 Å². The van der Waals surface area contributed by atoms with Crippen molar-refractivity contribution in [3.05, 3.63) is 76.8 Å². The van der Waals surface area contributed by atoms with Crippen molar-refractivity contribution in [1.82, 2.24) is 5.32 Å². The highest BCUT2D eigenvalue weighted by molar-refractivity contribution is 9.10. The molecule has 0 spiro atoms. The lowest BCUT2D eigenvalue weighted by Crippen LogP contribution is -2.53. The number of carbonyl (C=O) groups is 1. The second-order valence-corrected chi connectivity index (χ2v) is 8.78. The summed E-state index contributed by atoms with van der Waals surface area (Å²) in [6, 6.07) is 13.7. The number of ether oxygens (including phenoxy) is 2. The summed E-state index contributed by atoms with van der Waals surface area (Å²) < 4.78 is 12.7. The van der Waals surface area contributed by atoms with Crippen LogP contribution in [0.2, 0.25) is 0 Å². The van der Waals surface area contributed by atoms with Crippen LogP contribution in [-0.4, -0.2) is 65.1 Å². The van der Waals surface area contributed by atoms with E-state index in [1.807, 2.05) is 24.3 Å². The third-order valence-corrected chi connectivity index (χ3v) is 5.96. The average molecular weight is 533 g/mol. The Bertz CT molecular complexity index is 991.